The second kappa shape index (κ2) is 8.78. The number of alkyl halides is 2. The third kappa shape index (κ3) is 5.25. The van der Waals surface area contributed by atoms with E-state index in [2.05, 4.69) is 36.6 Å². The van der Waals surface area contributed by atoms with Crippen LogP contribution in [0.2, 0.25) is 0 Å². The second-order valence-electron chi connectivity index (χ2n) is 7.33. The molecule has 1 aromatic heterocycles. The van der Waals surface area contributed by atoms with E-state index in [4.69, 9.17) is 4.74 Å². The Balaban J connectivity index is 2.53. The van der Waals surface area contributed by atoms with Crippen LogP contribution in [0.3, 0.4) is 0 Å². The molecule has 0 atom stereocenters. The van der Waals surface area contributed by atoms with Gasteiger partial charge in [0.1, 0.15) is 10.4 Å². The van der Waals surface area contributed by atoms with E-state index in [0.717, 1.165) is 30.9 Å². The zero-order valence-electron chi connectivity index (χ0n) is 16.4. The number of aromatic nitrogens is 1. The van der Waals surface area contributed by atoms with E-state index in [9.17, 15) is 13.6 Å². The molecule has 1 aromatic carbocycles. The number of rotatable bonds is 6. The molecule has 0 radical (unpaired) electrons. The molecule has 4 nitrogen and oxygen atoms in total. The van der Waals surface area contributed by atoms with E-state index in [-0.39, 0.29) is 22.4 Å². The fraction of sp³-hybridized carbons (Fsp3) is 0.500. The van der Waals surface area contributed by atoms with Crippen LogP contribution >= 0.6 is 11.5 Å². The van der Waals surface area contributed by atoms with Crippen LogP contribution in [0.4, 0.5) is 8.78 Å². The van der Waals surface area contributed by atoms with Crippen molar-refractivity contribution in [2.24, 2.45) is 4.99 Å². The summed E-state index contributed by atoms with van der Waals surface area (Å²) in [6, 6.07) is 3.80. The van der Waals surface area contributed by atoms with Gasteiger partial charge in [-0.05, 0) is 63.3 Å². The van der Waals surface area contributed by atoms with Gasteiger partial charge in [0.2, 0.25) is 0 Å². The molecule has 2 aromatic rings. The molecule has 0 aliphatic carbocycles. The number of amides is 1. The van der Waals surface area contributed by atoms with Crippen molar-refractivity contribution >= 4 is 17.4 Å². The first-order valence-electron chi connectivity index (χ1n) is 8.94. The molecule has 27 heavy (non-hydrogen) atoms. The summed E-state index contributed by atoms with van der Waals surface area (Å²) in [4.78, 5) is 17.0. The van der Waals surface area contributed by atoms with Gasteiger partial charge in [-0.2, -0.15) is 4.99 Å². The number of carbonyl (C=O) groups excluding carboxylic acids is 1. The van der Waals surface area contributed by atoms with Crippen LogP contribution in [0.15, 0.2) is 29.4 Å². The molecule has 2 rings (SSSR count). The molecular weight excluding hydrogens is 370 g/mol. The van der Waals surface area contributed by atoms with Gasteiger partial charge in [0.25, 0.3) is 12.3 Å². The van der Waals surface area contributed by atoms with Crippen LogP contribution in [-0.4, -0.2) is 17.0 Å². The fourth-order valence-corrected chi connectivity index (χ4v) is 3.55. The fourth-order valence-electron chi connectivity index (χ4n) is 2.52. The Morgan fingerprint density at radius 1 is 1.33 bits per heavy atom. The summed E-state index contributed by atoms with van der Waals surface area (Å²) < 4.78 is 33.9. The van der Waals surface area contributed by atoms with Crippen molar-refractivity contribution in [3.8, 4) is 5.75 Å². The predicted octanol–water partition coefficient (Wildman–Crippen LogP) is 5.33. The molecule has 7 heteroatoms. The number of benzene rings is 1. The van der Waals surface area contributed by atoms with Crippen LogP contribution in [0, 0.1) is 0 Å². The van der Waals surface area contributed by atoms with Gasteiger partial charge in [0.15, 0.2) is 0 Å². The van der Waals surface area contributed by atoms with Gasteiger partial charge < -0.3 is 4.74 Å². The van der Waals surface area contributed by atoms with Crippen molar-refractivity contribution in [2.45, 2.75) is 58.9 Å². The molecule has 0 spiro atoms. The minimum atomic E-state index is -2.66. The highest BCUT2D eigenvalue weighted by Crippen LogP contribution is 2.26. The largest absolute Gasteiger partial charge is 0.496 e. The standard InChI is InChI=1S/C20H26F2N2O2S/c1-6-7-8-14-12-24(20(2,3)4)27-19(14)23-18(25)15-11-13(17(21)22)9-10-16(15)26-5/h9-12,17H,6-8H2,1-5H3/b23-19-. The van der Waals surface area contributed by atoms with Crippen molar-refractivity contribution in [1.29, 1.82) is 0 Å². The highest BCUT2D eigenvalue weighted by molar-refractivity contribution is 7.04. The minimum absolute atomic E-state index is 0.0486. The minimum Gasteiger partial charge on any atom is -0.496 e. The van der Waals surface area contributed by atoms with Crippen molar-refractivity contribution in [3.05, 3.63) is 45.8 Å². The number of halogens is 2. The summed E-state index contributed by atoms with van der Waals surface area (Å²) in [5, 5.41) is 0. The number of hydrogen-bond donors (Lipinski definition) is 0. The molecule has 148 valence electrons. The van der Waals surface area contributed by atoms with Gasteiger partial charge >= 0.3 is 0 Å². The zero-order chi connectivity index (χ0) is 20.2. The molecule has 0 aliphatic heterocycles. The number of carbonyl (C=O) groups is 1. The van der Waals surface area contributed by atoms with Gasteiger partial charge in [-0.25, -0.2) is 8.78 Å². The van der Waals surface area contributed by atoms with Crippen LogP contribution in [-0.2, 0) is 12.0 Å². The Hall–Kier alpha value is -2.02. The van der Waals surface area contributed by atoms with Crippen LogP contribution < -0.4 is 9.41 Å². The van der Waals surface area contributed by atoms with E-state index < -0.39 is 12.3 Å². The second-order valence-corrected chi connectivity index (χ2v) is 8.29. The molecule has 0 N–H and O–H groups in total. The summed E-state index contributed by atoms with van der Waals surface area (Å²) in [7, 11) is 1.40. The van der Waals surface area contributed by atoms with E-state index in [1.807, 2.05) is 6.20 Å². The van der Waals surface area contributed by atoms with Gasteiger partial charge in [-0.3, -0.25) is 8.75 Å². The third-order valence-corrected chi connectivity index (χ3v) is 5.48. The lowest BCUT2D eigenvalue weighted by atomic mass is 10.1. The summed E-state index contributed by atoms with van der Waals surface area (Å²) in [6.45, 7) is 8.34. The summed E-state index contributed by atoms with van der Waals surface area (Å²) >= 11 is 1.40. The number of aryl methyl sites for hydroxylation is 1. The van der Waals surface area contributed by atoms with Crippen molar-refractivity contribution in [1.82, 2.24) is 3.96 Å². The lowest BCUT2D eigenvalue weighted by Crippen LogP contribution is -2.18. The Kier molecular flexibility index (Phi) is 6.92. The molecule has 1 amide bonds. The summed E-state index contributed by atoms with van der Waals surface area (Å²) in [5.41, 5.74) is 0.688. The normalized spacial score (nSPS) is 12.7. The molecule has 0 aliphatic rings. The highest BCUT2D eigenvalue weighted by Gasteiger charge is 2.19. The first kappa shape index (κ1) is 21.3. The third-order valence-electron chi connectivity index (χ3n) is 4.10. The molecule has 0 saturated heterocycles. The van der Waals surface area contributed by atoms with E-state index >= 15 is 0 Å². The number of hydrogen-bond acceptors (Lipinski definition) is 3. The maximum Gasteiger partial charge on any atom is 0.282 e. The summed E-state index contributed by atoms with van der Waals surface area (Å²) in [5.74, 6) is -0.335. The Morgan fingerprint density at radius 2 is 2.04 bits per heavy atom. The Bertz CT molecular complexity index is 864. The quantitative estimate of drug-likeness (QED) is 0.662. The Labute approximate surface area is 162 Å². The number of nitrogens with zero attached hydrogens (tertiary/aromatic N) is 2. The average Bonchev–Trinajstić information content (AvgIpc) is 3.02. The molecule has 1 heterocycles. The molecule has 0 saturated carbocycles. The monoisotopic (exact) mass is 396 g/mol. The van der Waals surface area contributed by atoms with Gasteiger partial charge in [-0.1, -0.05) is 13.3 Å². The maximum absolute atomic E-state index is 13.0. The molecule has 0 fully saturated rings. The van der Waals surface area contributed by atoms with E-state index in [1.165, 1.54) is 30.8 Å². The number of unbranched alkanes of at least 4 members (excludes halogenated alkanes) is 1. The smallest absolute Gasteiger partial charge is 0.282 e. The lowest BCUT2D eigenvalue weighted by molar-refractivity contribution is 0.0995. The molecular formula is C20H26F2N2O2S. The highest BCUT2D eigenvalue weighted by atomic mass is 32.1. The van der Waals surface area contributed by atoms with Gasteiger partial charge in [0, 0.05) is 22.9 Å². The lowest BCUT2D eigenvalue weighted by Gasteiger charge is -2.19. The van der Waals surface area contributed by atoms with Gasteiger partial charge in [0.05, 0.1) is 12.7 Å². The van der Waals surface area contributed by atoms with Crippen molar-refractivity contribution in [2.75, 3.05) is 7.11 Å². The first-order chi connectivity index (χ1) is 12.7. The number of methoxy groups -OCH3 is 1. The van der Waals surface area contributed by atoms with E-state index in [1.54, 1.807) is 0 Å². The maximum atomic E-state index is 13.0. The van der Waals surface area contributed by atoms with Crippen LogP contribution in [0.25, 0.3) is 0 Å². The zero-order valence-corrected chi connectivity index (χ0v) is 17.2. The van der Waals surface area contributed by atoms with E-state index in [0.29, 0.717) is 4.67 Å². The van der Waals surface area contributed by atoms with Gasteiger partial charge in [-0.15, -0.1) is 0 Å². The van der Waals surface area contributed by atoms with Crippen LogP contribution in [0.1, 0.15) is 68.4 Å². The van der Waals surface area contributed by atoms with Crippen LogP contribution in [0.5, 0.6) is 5.75 Å². The van der Waals surface area contributed by atoms with Crippen molar-refractivity contribution in [3.63, 3.8) is 0 Å². The first-order valence-corrected chi connectivity index (χ1v) is 9.72. The SMILES string of the molecule is CCCCc1cn(C(C)(C)C)s/c1=N\C(=O)c1cc(C(F)F)ccc1OC. The van der Waals surface area contributed by atoms with Crippen molar-refractivity contribution < 1.29 is 18.3 Å². The number of ether oxygens (including phenoxy) is 1. The average molecular weight is 397 g/mol. The molecule has 0 unspecified atom stereocenters. The predicted molar refractivity (Wildman–Crippen MR) is 104 cm³/mol. The Morgan fingerprint density at radius 3 is 2.59 bits per heavy atom. The summed E-state index contributed by atoms with van der Waals surface area (Å²) in [6.07, 6.45) is 2.20. The topological polar surface area (TPSA) is 43.6 Å². The molecule has 0 bridgehead atoms.